The number of carboxylic acids is 2. The van der Waals surface area contributed by atoms with Gasteiger partial charge in [-0.25, -0.2) is 19.2 Å². The number of hydrogen-bond donors (Lipinski definition) is 3. The summed E-state index contributed by atoms with van der Waals surface area (Å²) in [6, 6.07) is 4.08. The molecule has 0 spiro atoms. The summed E-state index contributed by atoms with van der Waals surface area (Å²) in [6.45, 7) is 1.47. The van der Waals surface area contributed by atoms with Crippen molar-refractivity contribution >= 4 is 23.6 Å². The number of aromatic nitrogens is 2. The van der Waals surface area contributed by atoms with E-state index in [9.17, 15) is 37.4 Å². The lowest BCUT2D eigenvalue weighted by Gasteiger charge is -2.29. The average Bonchev–Trinajstić information content (AvgIpc) is 2.69. The largest absolute Gasteiger partial charge is 0.480 e. The Kier molecular flexibility index (Phi) is 5.53. The van der Waals surface area contributed by atoms with Gasteiger partial charge in [-0.1, -0.05) is 18.2 Å². The fourth-order valence-electron chi connectivity index (χ4n) is 3.14. The second kappa shape index (κ2) is 7.82. The van der Waals surface area contributed by atoms with E-state index in [1.165, 1.54) is 19.1 Å². The van der Waals surface area contributed by atoms with Crippen molar-refractivity contribution in [3.8, 4) is 0 Å². The zero-order valence-electron chi connectivity index (χ0n) is 15.9. The van der Waals surface area contributed by atoms with Crippen molar-refractivity contribution in [1.82, 2.24) is 9.97 Å². The number of benzene rings is 1. The molecule has 3 N–H and O–H groups in total. The normalized spacial score (nSPS) is 18.7. The first-order valence-electron chi connectivity index (χ1n) is 8.77. The zero-order chi connectivity index (χ0) is 23.0. The number of aliphatic carboxylic acids is 2. The molecule has 1 aliphatic rings. The van der Waals surface area contributed by atoms with Crippen molar-refractivity contribution in [2.75, 3.05) is 5.32 Å². The maximum atomic E-state index is 14.6. The number of allylic oxidation sites excluding steroid dienone is 2. The maximum absolute atomic E-state index is 14.6. The van der Waals surface area contributed by atoms with Crippen LogP contribution in [0.5, 0.6) is 0 Å². The average molecular weight is 437 g/mol. The van der Waals surface area contributed by atoms with E-state index in [1.54, 1.807) is 0 Å². The molecule has 7 nitrogen and oxygen atoms in total. The molecule has 3 rings (SSSR count). The molecule has 0 radical (unpaired) electrons. The number of rotatable bonds is 5. The van der Waals surface area contributed by atoms with E-state index in [0.717, 1.165) is 24.3 Å². The first kappa shape index (κ1) is 21.9. The molecule has 1 unspecified atom stereocenters. The van der Waals surface area contributed by atoms with Crippen LogP contribution < -0.4 is 5.32 Å². The van der Waals surface area contributed by atoms with Crippen molar-refractivity contribution in [3.63, 3.8) is 0 Å². The topological polar surface area (TPSA) is 112 Å². The van der Waals surface area contributed by atoms with Crippen LogP contribution in [0, 0.1) is 5.82 Å². The number of nitrogens with zero attached hydrogens (tertiary/aromatic N) is 2. The molecule has 1 heterocycles. The number of halogens is 4. The predicted octanol–water partition coefficient (Wildman–Crippen LogP) is 4.06. The van der Waals surface area contributed by atoms with Crippen LogP contribution in [0.25, 0.3) is 0 Å². The third kappa shape index (κ3) is 4.25. The number of nitrogens with one attached hydrogen (secondary N) is 1. The minimum atomic E-state index is -4.59. The Morgan fingerprint density at radius 1 is 1.23 bits per heavy atom. The van der Waals surface area contributed by atoms with Gasteiger partial charge in [0.2, 0.25) is 5.95 Å². The van der Waals surface area contributed by atoms with Gasteiger partial charge in [-0.05, 0) is 30.7 Å². The number of carbonyl (C=O) groups is 2. The Hall–Kier alpha value is -3.76. The summed E-state index contributed by atoms with van der Waals surface area (Å²) in [4.78, 5) is 31.1. The van der Waals surface area contributed by atoms with Crippen LogP contribution in [-0.4, -0.2) is 32.1 Å². The lowest BCUT2D eigenvalue weighted by atomic mass is 9.73. The van der Waals surface area contributed by atoms with Gasteiger partial charge in [-0.3, -0.25) is 4.79 Å². The van der Waals surface area contributed by atoms with Crippen LogP contribution >= 0.6 is 0 Å². The lowest BCUT2D eigenvalue weighted by molar-refractivity contribution is -0.142. The van der Waals surface area contributed by atoms with Crippen LogP contribution in [0.1, 0.15) is 24.6 Å². The number of anilines is 2. The minimum absolute atomic E-state index is 0.0575. The third-order valence-corrected chi connectivity index (χ3v) is 4.80. The summed E-state index contributed by atoms with van der Waals surface area (Å²) in [5.41, 5.74) is -3.67. The van der Waals surface area contributed by atoms with Crippen molar-refractivity contribution in [2.24, 2.45) is 0 Å². The molecular weight excluding hydrogens is 422 g/mol. The summed E-state index contributed by atoms with van der Waals surface area (Å²) in [7, 11) is 0. The van der Waals surface area contributed by atoms with Gasteiger partial charge in [0.1, 0.15) is 11.1 Å². The number of alkyl halides is 3. The fraction of sp³-hybridized carbons (Fsp3) is 0.200. The second-order valence-electron chi connectivity index (χ2n) is 6.85. The van der Waals surface area contributed by atoms with Crippen molar-refractivity contribution < 1.29 is 37.4 Å². The molecule has 2 aromatic rings. The van der Waals surface area contributed by atoms with Gasteiger partial charge in [-0.15, -0.1) is 0 Å². The number of hydrogen-bond acceptors (Lipinski definition) is 5. The molecule has 11 heteroatoms. The van der Waals surface area contributed by atoms with Crippen LogP contribution in [-0.2, 0) is 21.2 Å². The first-order chi connectivity index (χ1) is 14.4. The molecule has 0 bridgehead atoms. The zero-order valence-corrected chi connectivity index (χ0v) is 15.9. The third-order valence-electron chi connectivity index (χ3n) is 4.80. The van der Waals surface area contributed by atoms with Gasteiger partial charge in [-0.2, -0.15) is 13.2 Å². The summed E-state index contributed by atoms with van der Waals surface area (Å²) < 4.78 is 53.3. The van der Waals surface area contributed by atoms with Crippen LogP contribution in [0.2, 0.25) is 0 Å². The van der Waals surface area contributed by atoms with E-state index in [1.807, 2.05) is 0 Å². The Balaban J connectivity index is 2.04. The monoisotopic (exact) mass is 437 g/mol. The van der Waals surface area contributed by atoms with Crippen molar-refractivity contribution in [1.29, 1.82) is 0 Å². The smallest absolute Gasteiger partial charge is 0.416 e. The van der Waals surface area contributed by atoms with Gasteiger partial charge in [0.05, 0.1) is 11.8 Å². The second-order valence-corrected chi connectivity index (χ2v) is 6.85. The summed E-state index contributed by atoms with van der Waals surface area (Å²) in [5.74, 6) is -4.36. The molecule has 0 saturated carbocycles. The number of carboxylic acid groups (broad SMARTS) is 2. The Morgan fingerprint density at radius 3 is 2.55 bits per heavy atom. The van der Waals surface area contributed by atoms with Gasteiger partial charge in [0.25, 0.3) is 0 Å². The molecule has 1 aromatic carbocycles. The lowest BCUT2D eigenvalue weighted by Crippen LogP contribution is -2.39. The standard InChI is InChI=1S/C20H15F4N3O4/c1-10-5-6-19(17(30)31,8-13(10)16(28)29)15-14(21)9-25-18(27-15)26-12-4-2-3-11(7-12)20(22,23)24/h2-7,9H,8H2,1H3,(H,28,29)(H,30,31)(H,25,26,27). The highest BCUT2D eigenvalue weighted by molar-refractivity contribution is 5.93. The molecule has 1 aliphatic carbocycles. The summed E-state index contributed by atoms with van der Waals surface area (Å²) in [6.07, 6.45) is -2.11. The van der Waals surface area contributed by atoms with Crippen molar-refractivity contribution in [2.45, 2.75) is 24.9 Å². The Labute approximate surface area is 172 Å². The Bertz CT molecular complexity index is 1130. The van der Waals surface area contributed by atoms with Crippen molar-refractivity contribution in [3.05, 3.63) is 70.8 Å². The predicted molar refractivity (Wildman–Crippen MR) is 100 cm³/mol. The highest BCUT2D eigenvalue weighted by Gasteiger charge is 2.45. The molecule has 0 aliphatic heterocycles. The van der Waals surface area contributed by atoms with E-state index in [2.05, 4.69) is 15.3 Å². The summed E-state index contributed by atoms with van der Waals surface area (Å²) >= 11 is 0. The first-order valence-corrected chi connectivity index (χ1v) is 8.77. The highest BCUT2D eigenvalue weighted by atomic mass is 19.4. The van der Waals surface area contributed by atoms with Crippen LogP contribution in [0.15, 0.2) is 53.8 Å². The van der Waals surface area contributed by atoms with E-state index in [4.69, 9.17) is 0 Å². The molecule has 1 aromatic heterocycles. The van der Waals surface area contributed by atoms with Gasteiger partial charge >= 0.3 is 18.1 Å². The minimum Gasteiger partial charge on any atom is -0.480 e. The molecular formula is C20H15F4N3O4. The van der Waals surface area contributed by atoms with Crippen LogP contribution in [0.3, 0.4) is 0 Å². The SMILES string of the molecule is CC1=C(C(=O)O)CC(C(=O)O)(c2nc(Nc3cccc(C(F)(F)F)c3)ncc2F)C=C1. The highest BCUT2D eigenvalue weighted by Crippen LogP contribution is 2.39. The maximum Gasteiger partial charge on any atom is 0.416 e. The van der Waals surface area contributed by atoms with Gasteiger partial charge in [0, 0.05) is 17.7 Å². The quantitative estimate of drug-likeness (QED) is 0.605. The van der Waals surface area contributed by atoms with E-state index in [0.29, 0.717) is 11.8 Å². The van der Waals surface area contributed by atoms with E-state index in [-0.39, 0.29) is 17.2 Å². The summed E-state index contributed by atoms with van der Waals surface area (Å²) in [5, 5.41) is 21.7. The van der Waals surface area contributed by atoms with Crippen LogP contribution in [0.4, 0.5) is 29.2 Å². The molecule has 1 atom stereocenters. The molecule has 0 amide bonds. The van der Waals surface area contributed by atoms with Gasteiger partial charge in [0.15, 0.2) is 5.82 Å². The van der Waals surface area contributed by atoms with E-state index < -0.39 is 47.0 Å². The molecule has 31 heavy (non-hydrogen) atoms. The fourth-order valence-corrected chi connectivity index (χ4v) is 3.14. The molecule has 0 saturated heterocycles. The van der Waals surface area contributed by atoms with E-state index >= 15 is 0 Å². The Morgan fingerprint density at radius 2 is 1.94 bits per heavy atom. The van der Waals surface area contributed by atoms with Gasteiger partial charge < -0.3 is 15.5 Å². The molecule has 0 fully saturated rings. The molecule has 162 valence electrons.